The molecule has 0 saturated carbocycles. The molecule has 0 radical (unpaired) electrons. The van der Waals surface area contributed by atoms with Crippen LogP contribution in [0.1, 0.15) is 31.1 Å². The van der Waals surface area contributed by atoms with E-state index < -0.39 is 62.0 Å². The van der Waals surface area contributed by atoms with E-state index in [2.05, 4.69) is 33.4 Å². The maximum absolute atomic E-state index is 13.0. The molecule has 3 aromatic heterocycles. The third-order valence-electron chi connectivity index (χ3n) is 6.16. The van der Waals surface area contributed by atoms with Crippen LogP contribution in [0.3, 0.4) is 0 Å². The summed E-state index contributed by atoms with van der Waals surface area (Å²) in [5, 5.41) is 20.2. The van der Waals surface area contributed by atoms with Gasteiger partial charge in [-0.3, -0.25) is 13.9 Å². The van der Waals surface area contributed by atoms with E-state index in [0.29, 0.717) is 11.5 Å². The number of imidazole rings is 1. The Morgan fingerprint density at radius 1 is 1.21 bits per heavy atom. The van der Waals surface area contributed by atoms with Gasteiger partial charge < -0.3 is 44.3 Å². The number of hydrogen-bond donors (Lipinski definition) is 4. The second-order valence-electron chi connectivity index (χ2n) is 8.80. The Bertz CT molecular complexity index is 1500. The summed E-state index contributed by atoms with van der Waals surface area (Å²) in [5.74, 6) is 0.196. The normalized spacial score (nSPS) is 28.4. The van der Waals surface area contributed by atoms with Crippen molar-refractivity contribution in [1.29, 1.82) is 0 Å². The molecule has 0 aromatic carbocycles. The maximum atomic E-state index is 13.0. The number of aliphatic hydroxyl groups excluding tert-OH is 2. The van der Waals surface area contributed by atoms with E-state index in [1.807, 2.05) is 0 Å². The second-order valence-corrected chi connectivity index (χ2v) is 11.9. The molecule has 17 nitrogen and oxygen atoms in total. The number of hydrogen-bond acceptors (Lipinski definition) is 14. The van der Waals surface area contributed by atoms with E-state index in [1.165, 1.54) is 10.9 Å². The summed E-state index contributed by atoms with van der Waals surface area (Å²) in [6.45, 7) is 0.830. The number of aromatic nitrogens is 7. The Balaban J connectivity index is 0.00000353. The van der Waals surface area contributed by atoms with Gasteiger partial charge >= 0.3 is 35.2 Å². The molecule has 2 fully saturated rings. The van der Waals surface area contributed by atoms with Crippen molar-refractivity contribution in [3.63, 3.8) is 0 Å². The van der Waals surface area contributed by atoms with Crippen molar-refractivity contribution in [2.24, 2.45) is 0 Å². The first kappa shape index (κ1) is 30.4. The molecule has 2 saturated heterocycles. The Morgan fingerprint density at radius 3 is 2.62 bits per heavy atom. The van der Waals surface area contributed by atoms with Crippen molar-refractivity contribution < 1.29 is 63.2 Å². The minimum atomic E-state index is -3.93. The fourth-order valence-electron chi connectivity index (χ4n) is 4.36. The number of aryl methyl sites for hydroxylation is 1. The number of fused-ring (bicyclic) bond motifs is 1. The van der Waals surface area contributed by atoms with Gasteiger partial charge in [0.15, 0.2) is 11.2 Å². The Morgan fingerprint density at radius 2 is 1.90 bits per heavy atom. The fourth-order valence-corrected chi connectivity index (χ4v) is 5.97. The monoisotopic (exact) mass is 594 g/mol. The summed E-state index contributed by atoms with van der Waals surface area (Å²) in [6, 6.07) is 0. The Hall–Kier alpha value is -1.59. The predicted molar refractivity (Wildman–Crippen MR) is 130 cm³/mol. The van der Waals surface area contributed by atoms with E-state index in [9.17, 15) is 24.7 Å². The second kappa shape index (κ2) is 12.1. The van der Waals surface area contributed by atoms with Crippen LogP contribution in [-0.4, -0.2) is 81.9 Å². The van der Waals surface area contributed by atoms with Gasteiger partial charge in [-0.2, -0.15) is 4.98 Å². The zero-order valence-corrected chi connectivity index (χ0v) is 24.8. The number of rotatable bonds is 8. The molecule has 206 valence electrons. The fraction of sp³-hybridized carbons (Fsp3) is 0.579. The van der Waals surface area contributed by atoms with Crippen molar-refractivity contribution in [3.05, 3.63) is 39.3 Å². The van der Waals surface area contributed by atoms with E-state index in [-0.39, 0.29) is 60.5 Å². The molecule has 20 heteroatoms. The molecule has 7 atom stereocenters. The number of nitrogens with one attached hydrogen (secondary N) is 1. The number of anilines is 1. The summed E-state index contributed by atoms with van der Waals surface area (Å²) in [5.41, 5.74) is 4.74. The third-order valence-corrected chi connectivity index (χ3v) is 7.91. The van der Waals surface area contributed by atoms with Gasteiger partial charge in [-0.25, -0.2) is 19.7 Å². The topological polar surface area (TPSA) is 238 Å². The number of aromatic amines is 1. The van der Waals surface area contributed by atoms with Crippen LogP contribution < -0.4 is 51.4 Å². The molecule has 5 heterocycles. The molecule has 3 aromatic rings. The standard InChI is InChI=1S/C19H25N8O9P2.Na/c1-8-23-16-15(17(30)24-8)21-6-26(16)13-2-9(29)12(35-13)5-33-38(32,37)36-10-3-14(34-11(10)4-28)27-7-22-18(20)25-19(27)31;/h6-7,9-14,28-29,37H,2-5H2,1H3,(H3-,20,23,24,25,30,31,32);/q-1;+1/t9?,10?,11-,12-,13-,14-,38?;/m1./s1. The van der Waals surface area contributed by atoms with E-state index in [0.717, 1.165) is 10.9 Å². The number of ether oxygens (including phenoxy) is 2. The SMILES string of the molecule is Cc1nc2c(ncn2[C@H]2CC(O)[C@@H](COP([O-])(=P)OC3C[C@H](n4cnc(N)nc4=O)O[C@@H]3CO)O2)c(=O)[nH]1.[Na+]. The van der Waals surface area contributed by atoms with Gasteiger partial charge in [0.1, 0.15) is 36.8 Å². The van der Waals surface area contributed by atoms with Gasteiger partial charge in [-0.15, -0.1) is 0 Å². The summed E-state index contributed by atoms with van der Waals surface area (Å²) in [4.78, 5) is 55.5. The van der Waals surface area contributed by atoms with Gasteiger partial charge in [0.05, 0.1) is 39.0 Å². The van der Waals surface area contributed by atoms with Crippen LogP contribution in [0.5, 0.6) is 0 Å². The smallest absolute Gasteiger partial charge is 0.785 e. The zero-order chi connectivity index (χ0) is 27.2. The van der Waals surface area contributed by atoms with Crippen molar-refractivity contribution in [1.82, 2.24) is 34.1 Å². The van der Waals surface area contributed by atoms with Gasteiger partial charge in [-0.1, -0.05) is 8.53 Å². The quantitative estimate of drug-likeness (QED) is 0.141. The molecule has 39 heavy (non-hydrogen) atoms. The van der Waals surface area contributed by atoms with Crippen LogP contribution in [0.25, 0.3) is 11.2 Å². The predicted octanol–water partition coefficient (Wildman–Crippen LogP) is -4.82. The molecule has 2 aliphatic rings. The summed E-state index contributed by atoms with van der Waals surface area (Å²) in [7, 11) is -0.928. The molecule has 5 rings (SSSR count). The first-order valence-corrected chi connectivity index (χ1v) is 14.3. The molecular weight excluding hydrogens is 569 g/mol. The van der Waals surface area contributed by atoms with Crippen molar-refractivity contribution in [2.45, 2.75) is 56.6 Å². The number of nitrogens with two attached hydrogens (primary N) is 1. The van der Waals surface area contributed by atoms with Crippen LogP contribution in [0.15, 0.2) is 22.2 Å². The molecule has 3 unspecified atom stereocenters. The summed E-state index contributed by atoms with van der Waals surface area (Å²) >= 11 is 0. The molecule has 0 aliphatic carbocycles. The number of nitrogens with zero attached hydrogens (tertiary/aromatic N) is 6. The van der Waals surface area contributed by atoms with Gasteiger partial charge in [0.2, 0.25) is 5.95 Å². The average molecular weight is 594 g/mol. The van der Waals surface area contributed by atoms with Crippen LogP contribution in [0.2, 0.25) is 0 Å². The summed E-state index contributed by atoms with van der Waals surface area (Å²) < 4.78 is 25.1. The number of aliphatic hydroxyl groups is 2. The Kier molecular flexibility index (Phi) is 9.43. The molecule has 0 spiro atoms. The zero-order valence-electron chi connectivity index (χ0n) is 20.9. The maximum Gasteiger partial charge on any atom is 1.00 e. The van der Waals surface area contributed by atoms with E-state index in [4.69, 9.17) is 24.3 Å². The number of nitrogen functional groups attached to an aromatic ring is 1. The number of H-pyrrole nitrogens is 1. The molecule has 0 bridgehead atoms. The molecule has 0 amide bonds. The van der Waals surface area contributed by atoms with Crippen LogP contribution in [0.4, 0.5) is 5.95 Å². The van der Waals surface area contributed by atoms with Crippen LogP contribution in [0, 0.1) is 6.92 Å². The summed E-state index contributed by atoms with van der Waals surface area (Å²) in [6.07, 6.45) is -2.61. The van der Waals surface area contributed by atoms with Crippen molar-refractivity contribution in [3.8, 4) is 0 Å². The van der Waals surface area contributed by atoms with Crippen molar-refractivity contribution >= 4 is 32.9 Å². The van der Waals surface area contributed by atoms with Crippen molar-refractivity contribution in [2.75, 3.05) is 18.9 Å². The van der Waals surface area contributed by atoms with E-state index >= 15 is 0 Å². The first-order chi connectivity index (χ1) is 18.0. The van der Waals surface area contributed by atoms with Crippen LogP contribution in [-0.2, 0) is 18.5 Å². The molecule has 2 aliphatic heterocycles. The Labute approximate surface area is 244 Å². The van der Waals surface area contributed by atoms with Gasteiger partial charge in [0, 0.05) is 12.8 Å². The minimum absolute atomic E-state index is 0. The largest absolute Gasteiger partial charge is 1.00 e. The van der Waals surface area contributed by atoms with Gasteiger partial charge in [0.25, 0.3) is 5.56 Å². The average Bonchev–Trinajstić information content (AvgIpc) is 3.54. The molecular formula is C19H25N8NaO9P2. The van der Waals surface area contributed by atoms with E-state index in [1.54, 1.807) is 6.92 Å². The minimum Gasteiger partial charge on any atom is -0.785 e. The first-order valence-electron chi connectivity index (χ1n) is 11.5. The third kappa shape index (κ3) is 6.50. The van der Waals surface area contributed by atoms with Crippen LogP contribution >= 0.6 is 15.8 Å². The molecule has 5 N–H and O–H groups in total. The van der Waals surface area contributed by atoms with Gasteiger partial charge in [-0.05, 0) is 6.92 Å².